The molecule has 0 bridgehead atoms. The fourth-order valence-corrected chi connectivity index (χ4v) is 2.34. The zero-order chi connectivity index (χ0) is 16.7. The number of anilines is 1. The van der Waals surface area contributed by atoms with Crippen LogP contribution in [0.15, 0.2) is 48.5 Å². The number of carbonyl (C=O) groups is 1. The van der Waals surface area contributed by atoms with Crippen molar-refractivity contribution < 1.29 is 9.53 Å². The van der Waals surface area contributed by atoms with Gasteiger partial charge in [-0.2, -0.15) is 0 Å². The number of rotatable bonds is 7. The van der Waals surface area contributed by atoms with Crippen molar-refractivity contribution in [3.8, 4) is 5.75 Å². The fourth-order valence-electron chi connectivity index (χ4n) is 2.16. The minimum absolute atomic E-state index is 0.203. The summed E-state index contributed by atoms with van der Waals surface area (Å²) in [5.74, 6) is 0.304. The molecule has 0 aliphatic heterocycles. The number of aryl methyl sites for hydroxylation is 1. The molecule has 0 spiro atoms. The summed E-state index contributed by atoms with van der Waals surface area (Å²) in [6.07, 6.45) is 2.79. The molecule has 2 aromatic rings. The maximum atomic E-state index is 12.2. The Bertz CT molecular complexity index is 640. The standard InChI is InChI=1S/C19H22ClNO2/c1-3-4-7-15-10-12-16(13-11-15)21-19(22)14(2)23-18-9-6-5-8-17(18)20/h5-6,8-14H,3-4,7H2,1-2H3,(H,21,22)/t14-/m1/s1. The van der Waals surface area contributed by atoms with E-state index >= 15 is 0 Å². The average Bonchev–Trinajstić information content (AvgIpc) is 2.56. The minimum atomic E-state index is -0.630. The van der Waals surface area contributed by atoms with Crippen molar-refractivity contribution in [2.75, 3.05) is 5.32 Å². The molecule has 0 heterocycles. The molecule has 0 saturated heterocycles. The second-order valence-corrected chi connectivity index (χ2v) is 5.89. The summed E-state index contributed by atoms with van der Waals surface area (Å²) in [5, 5.41) is 3.35. The number of carbonyl (C=O) groups excluding carboxylic acids is 1. The Balaban J connectivity index is 1.91. The molecule has 0 aliphatic carbocycles. The summed E-state index contributed by atoms with van der Waals surface area (Å²) in [6, 6.07) is 15.1. The number of hydrogen-bond acceptors (Lipinski definition) is 2. The van der Waals surface area contributed by atoms with Crippen LogP contribution in [0.25, 0.3) is 0 Å². The summed E-state index contributed by atoms with van der Waals surface area (Å²) in [7, 11) is 0. The first-order valence-corrected chi connectivity index (χ1v) is 8.29. The van der Waals surface area contributed by atoms with Crippen LogP contribution in [0.3, 0.4) is 0 Å². The van der Waals surface area contributed by atoms with E-state index in [-0.39, 0.29) is 5.91 Å². The van der Waals surface area contributed by atoms with Gasteiger partial charge >= 0.3 is 0 Å². The van der Waals surface area contributed by atoms with Crippen LogP contribution in [-0.4, -0.2) is 12.0 Å². The van der Waals surface area contributed by atoms with Crippen LogP contribution in [0.2, 0.25) is 5.02 Å². The smallest absolute Gasteiger partial charge is 0.265 e. The van der Waals surface area contributed by atoms with Gasteiger partial charge < -0.3 is 10.1 Å². The Labute approximate surface area is 142 Å². The number of halogens is 1. The highest BCUT2D eigenvalue weighted by Crippen LogP contribution is 2.24. The number of nitrogens with one attached hydrogen (secondary N) is 1. The fraction of sp³-hybridized carbons (Fsp3) is 0.316. The van der Waals surface area contributed by atoms with Crippen LogP contribution in [0.5, 0.6) is 5.75 Å². The van der Waals surface area contributed by atoms with E-state index in [1.54, 1.807) is 19.1 Å². The third-order valence-electron chi connectivity index (χ3n) is 3.55. The zero-order valence-electron chi connectivity index (χ0n) is 13.5. The lowest BCUT2D eigenvalue weighted by atomic mass is 10.1. The number of benzene rings is 2. The lowest BCUT2D eigenvalue weighted by Crippen LogP contribution is -2.30. The van der Waals surface area contributed by atoms with Crippen molar-refractivity contribution >= 4 is 23.2 Å². The molecular formula is C19H22ClNO2. The van der Waals surface area contributed by atoms with Gasteiger partial charge in [0.05, 0.1) is 5.02 Å². The molecule has 2 rings (SSSR count). The van der Waals surface area contributed by atoms with Gasteiger partial charge in [-0.1, -0.05) is 49.2 Å². The molecular weight excluding hydrogens is 310 g/mol. The number of ether oxygens (including phenoxy) is 1. The van der Waals surface area contributed by atoms with E-state index in [0.717, 1.165) is 12.1 Å². The third-order valence-corrected chi connectivity index (χ3v) is 3.86. The van der Waals surface area contributed by atoms with Gasteiger partial charge in [0.25, 0.3) is 5.91 Å². The van der Waals surface area contributed by atoms with E-state index in [1.165, 1.54) is 18.4 Å². The summed E-state index contributed by atoms with van der Waals surface area (Å²) >= 11 is 6.04. The molecule has 0 aliphatic rings. The van der Waals surface area contributed by atoms with Crippen molar-refractivity contribution in [3.05, 3.63) is 59.1 Å². The topological polar surface area (TPSA) is 38.3 Å². The molecule has 1 amide bonds. The first kappa shape index (κ1) is 17.4. The molecule has 122 valence electrons. The second-order valence-electron chi connectivity index (χ2n) is 5.48. The van der Waals surface area contributed by atoms with E-state index in [9.17, 15) is 4.79 Å². The predicted octanol–water partition coefficient (Wildman–Crippen LogP) is 5.09. The molecule has 1 N–H and O–H groups in total. The third kappa shape index (κ3) is 5.29. The van der Waals surface area contributed by atoms with Crippen LogP contribution < -0.4 is 10.1 Å². The first-order chi connectivity index (χ1) is 11.1. The van der Waals surface area contributed by atoms with Crippen LogP contribution in [0, 0.1) is 0 Å². The highest BCUT2D eigenvalue weighted by molar-refractivity contribution is 6.32. The molecule has 0 unspecified atom stereocenters. The zero-order valence-corrected chi connectivity index (χ0v) is 14.3. The van der Waals surface area contributed by atoms with Gasteiger partial charge in [-0.25, -0.2) is 0 Å². The van der Waals surface area contributed by atoms with Gasteiger partial charge in [-0.05, 0) is 49.6 Å². The Morgan fingerprint density at radius 1 is 1.17 bits per heavy atom. The lowest BCUT2D eigenvalue weighted by Gasteiger charge is -2.15. The summed E-state index contributed by atoms with van der Waals surface area (Å²) in [4.78, 5) is 12.2. The highest BCUT2D eigenvalue weighted by atomic mass is 35.5. The quantitative estimate of drug-likeness (QED) is 0.767. The Kier molecular flexibility index (Phi) is 6.48. The van der Waals surface area contributed by atoms with Crippen molar-refractivity contribution in [3.63, 3.8) is 0 Å². The molecule has 3 nitrogen and oxygen atoms in total. The van der Waals surface area contributed by atoms with Gasteiger partial charge in [-0.3, -0.25) is 4.79 Å². The van der Waals surface area contributed by atoms with Gasteiger partial charge in [0.15, 0.2) is 6.10 Å². The molecule has 0 saturated carbocycles. The van der Waals surface area contributed by atoms with E-state index < -0.39 is 6.10 Å². The Hall–Kier alpha value is -2.00. The number of unbranched alkanes of at least 4 members (excludes halogenated alkanes) is 1. The van der Waals surface area contributed by atoms with Crippen LogP contribution >= 0.6 is 11.6 Å². The van der Waals surface area contributed by atoms with Gasteiger partial charge in [0.1, 0.15) is 5.75 Å². The Morgan fingerprint density at radius 2 is 1.87 bits per heavy atom. The first-order valence-electron chi connectivity index (χ1n) is 7.91. The van der Waals surface area contributed by atoms with Crippen molar-refractivity contribution in [1.29, 1.82) is 0 Å². The van der Waals surface area contributed by atoms with Gasteiger partial charge in [0.2, 0.25) is 0 Å². The van der Waals surface area contributed by atoms with Gasteiger partial charge in [0, 0.05) is 5.69 Å². The van der Waals surface area contributed by atoms with Crippen molar-refractivity contribution in [2.45, 2.75) is 39.2 Å². The molecule has 0 radical (unpaired) electrons. The Morgan fingerprint density at radius 3 is 2.52 bits per heavy atom. The van der Waals surface area contributed by atoms with Gasteiger partial charge in [-0.15, -0.1) is 0 Å². The minimum Gasteiger partial charge on any atom is -0.479 e. The second kappa shape index (κ2) is 8.59. The molecule has 2 aromatic carbocycles. The number of hydrogen-bond donors (Lipinski definition) is 1. The van der Waals surface area contributed by atoms with E-state index in [0.29, 0.717) is 10.8 Å². The number of amides is 1. The van der Waals surface area contributed by atoms with Crippen LogP contribution in [0.1, 0.15) is 32.3 Å². The lowest BCUT2D eigenvalue weighted by molar-refractivity contribution is -0.122. The normalized spacial score (nSPS) is 11.8. The van der Waals surface area contributed by atoms with Crippen LogP contribution in [0.4, 0.5) is 5.69 Å². The monoisotopic (exact) mass is 331 g/mol. The average molecular weight is 332 g/mol. The SMILES string of the molecule is CCCCc1ccc(NC(=O)[C@@H](C)Oc2ccccc2Cl)cc1. The van der Waals surface area contributed by atoms with E-state index in [1.807, 2.05) is 36.4 Å². The molecule has 4 heteroatoms. The summed E-state index contributed by atoms with van der Waals surface area (Å²) in [5.41, 5.74) is 2.05. The van der Waals surface area contributed by atoms with Crippen LogP contribution in [-0.2, 0) is 11.2 Å². The van der Waals surface area contributed by atoms with E-state index in [4.69, 9.17) is 16.3 Å². The molecule has 0 aromatic heterocycles. The molecule has 0 fully saturated rings. The maximum absolute atomic E-state index is 12.2. The van der Waals surface area contributed by atoms with E-state index in [2.05, 4.69) is 12.2 Å². The predicted molar refractivity (Wildman–Crippen MR) is 95.2 cm³/mol. The summed E-state index contributed by atoms with van der Waals surface area (Å²) in [6.45, 7) is 3.88. The highest BCUT2D eigenvalue weighted by Gasteiger charge is 2.16. The summed E-state index contributed by atoms with van der Waals surface area (Å²) < 4.78 is 5.61. The molecule has 1 atom stereocenters. The van der Waals surface area contributed by atoms with Crippen molar-refractivity contribution in [1.82, 2.24) is 0 Å². The largest absolute Gasteiger partial charge is 0.479 e. The van der Waals surface area contributed by atoms with Crippen molar-refractivity contribution in [2.24, 2.45) is 0 Å². The molecule has 23 heavy (non-hydrogen) atoms. The number of para-hydroxylation sites is 1. The maximum Gasteiger partial charge on any atom is 0.265 e.